The van der Waals surface area contributed by atoms with Crippen LogP contribution in [0, 0.1) is 0 Å². The highest BCUT2D eigenvalue weighted by atomic mass is 15.2. The Kier molecular flexibility index (Phi) is 5.04. The van der Waals surface area contributed by atoms with Crippen molar-refractivity contribution in [2.75, 3.05) is 25.5 Å². The average Bonchev–Trinajstić information content (AvgIpc) is 2.25. The molecule has 84 valence electrons. The Bertz CT molecular complexity index is 268. The summed E-state index contributed by atoms with van der Waals surface area (Å²) in [5, 5.41) is 14.6. The first-order chi connectivity index (χ1) is 7.24. The van der Waals surface area contributed by atoms with Crippen LogP contribution in [0.3, 0.4) is 0 Å². The van der Waals surface area contributed by atoms with Crippen molar-refractivity contribution in [2.45, 2.75) is 26.2 Å². The van der Waals surface area contributed by atoms with Gasteiger partial charge in [0.2, 0.25) is 0 Å². The molecule has 4 nitrogen and oxygen atoms in total. The normalized spacial score (nSPS) is 10.7. The largest absolute Gasteiger partial charge is 0.369 e. The van der Waals surface area contributed by atoms with Crippen molar-refractivity contribution in [1.82, 2.24) is 15.5 Å². The fraction of sp³-hybridized carbons (Fsp3) is 0.636. The Hall–Kier alpha value is -1.16. The van der Waals surface area contributed by atoms with Crippen LogP contribution in [0.15, 0.2) is 12.1 Å². The van der Waals surface area contributed by atoms with Crippen molar-refractivity contribution in [2.24, 2.45) is 0 Å². The van der Waals surface area contributed by atoms with Gasteiger partial charge in [0.1, 0.15) is 5.82 Å². The maximum atomic E-state index is 4.15. The van der Waals surface area contributed by atoms with Crippen molar-refractivity contribution in [3.8, 4) is 0 Å². The summed E-state index contributed by atoms with van der Waals surface area (Å²) < 4.78 is 0. The van der Waals surface area contributed by atoms with E-state index in [2.05, 4.69) is 34.7 Å². The van der Waals surface area contributed by atoms with E-state index in [4.69, 9.17) is 0 Å². The monoisotopic (exact) mass is 208 g/mol. The molecule has 0 aliphatic rings. The van der Waals surface area contributed by atoms with Crippen molar-refractivity contribution < 1.29 is 0 Å². The van der Waals surface area contributed by atoms with Crippen LogP contribution in [-0.2, 0) is 0 Å². The third-order valence-corrected chi connectivity index (χ3v) is 2.19. The second kappa shape index (κ2) is 6.35. The molecule has 0 aromatic carbocycles. The molecule has 0 fully saturated rings. The van der Waals surface area contributed by atoms with Gasteiger partial charge in [0.15, 0.2) is 0 Å². The molecule has 15 heavy (non-hydrogen) atoms. The highest BCUT2D eigenvalue weighted by molar-refractivity contribution is 5.33. The molecule has 1 heterocycles. The molecule has 1 aromatic rings. The number of anilines is 1. The molecule has 0 aliphatic heterocycles. The summed E-state index contributed by atoms with van der Waals surface area (Å²) in [6.45, 7) is 6.18. The van der Waals surface area contributed by atoms with Crippen LogP contribution in [0.1, 0.15) is 31.9 Å². The van der Waals surface area contributed by atoms with Gasteiger partial charge >= 0.3 is 0 Å². The predicted octanol–water partition coefficient (Wildman–Crippen LogP) is 1.62. The van der Waals surface area contributed by atoms with Crippen LogP contribution in [0.4, 0.5) is 5.82 Å². The number of nitrogens with zero attached hydrogens (tertiary/aromatic N) is 2. The van der Waals surface area contributed by atoms with Gasteiger partial charge in [0.25, 0.3) is 0 Å². The smallest absolute Gasteiger partial charge is 0.148 e. The molecule has 0 amide bonds. The number of aromatic nitrogens is 2. The van der Waals surface area contributed by atoms with Crippen molar-refractivity contribution in [3.05, 3.63) is 17.8 Å². The minimum Gasteiger partial charge on any atom is -0.369 e. The van der Waals surface area contributed by atoms with Gasteiger partial charge in [-0.2, -0.15) is 5.10 Å². The molecule has 0 saturated heterocycles. The first kappa shape index (κ1) is 11.9. The molecule has 0 radical (unpaired) electrons. The zero-order valence-electron chi connectivity index (χ0n) is 9.75. The Labute approximate surface area is 91.5 Å². The topological polar surface area (TPSA) is 49.8 Å². The second-order valence-electron chi connectivity index (χ2n) is 3.88. The van der Waals surface area contributed by atoms with Crippen LogP contribution in [0.25, 0.3) is 0 Å². The van der Waals surface area contributed by atoms with Crippen LogP contribution in [0.5, 0.6) is 0 Å². The van der Waals surface area contributed by atoms with E-state index >= 15 is 0 Å². The van der Waals surface area contributed by atoms with Gasteiger partial charge < -0.3 is 10.6 Å². The summed E-state index contributed by atoms with van der Waals surface area (Å²) in [6.07, 6.45) is 1.09. The molecule has 1 aromatic heterocycles. The highest BCUT2D eigenvalue weighted by Gasteiger charge is 2.01. The van der Waals surface area contributed by atoms with Gasteiger partial charge in [-0.15, -0.1) is 5.10 Å². The van der Waals surface area contributed by atoms with Crippen molar-refractivity contribution >= 4 is 5.82 Å². The fourth-order valence-corrected chi connectivity index (χ4v) is 1.23. The van der Waals surface area contributed by atoms with E-state index in [0.29, 0.717) is 5.92 Å². The van der Waals surface area contributed by atoms with Gasteiger partial charge in [-0.3, -0.25) is 0 Å². The summed E-state index contributed by atoms with van der Waals surface area (Å²) in [5.41, 5.74) is 1.04. The first-order valence-electron chi connectivity index (χ1n) is 5.46. The molecule has 0 spiro atoms. The van der Waals surface area contributed by atoms with E-state index < -0.39 is 0 Å². The lowest BCUT2D eigenvalue weighted by molar-refractivity contribution is 0.742. The van der Waals surface area contributed by atoms with Gasteiger partial charge in [-0.05, 0) is 38.1 Å². The number of nitrogens with one attached hydrogen (secondary N) is 2. The van der Waals surface area contributed by atoms with Crippen LogP contribution < -0.4 is 10.6 Å². The molecule has 0 bridgehead atoms. The zero-order valence-corrected chi connectivity index (χ0v) is 9.75. The molecular weight excluding hydrogens is 188 g/mol. The average molecular weight is 208 g/mol. The predicted molar refractivity (Wildman–Crippen MR) is 63.2 cm³/mol. The number of rotatable bonds is 6. The first-order valence-corrected chi connectivity index (χ1v) is 5.46. The number of hydrogen-bond donors (Lipinski definition) is 2. The SMILES string of the molecule is CNCCCNc1ccc(C(C)C)nn1. The standard InChI is InChI=1S/C11H20N4/c1-9(2)10-5-6-11(15-14-10)13-8-4-7-12-3/h5-6,9,12H,4,7-8H2,1-3H3,(H,13,15). The van der Waals surface area contributed by atoms with Gasteiger partial charge in [-0.25, -0.2) is 0 Å². The Morgan fingerprint density at radius 1 is 1.20 bits per heavy atom. The molecule has 2 N–H and O–H groups in total. The molecule has 0 atom stereocenters. The summed E-state index contributed by atoms with van der Waals surface area (Å²) in [5.74, 6) is 1.30. The van der Waals surface area contributed by atoms with Crippen molar-refractivity contribution in [3.63, 3.8) is 0 Å². The Morgan fingerprint density at radius 2 is 2.00 bits per heavy atom. The fourth-order valence-electron chi connectivity index (χ4n) is 1.23. The highest BCUT2D eigenvalue weighted by Crippen LogP contribution is 2.11. The number of hydrogen-bond acceptors (Lipinski definition) is 4. The maximum absolute atomic E-state index is 4.15. The Balaban J connectivity index is 2.36. The zero-order chi connectivity index (χ0) is 11.1. The summed E-state index contributed by atoms with van der Waals surface area (Å²) in [6, 6.07) is 4.01. The van der Waals surface area contributed by atoms with E-state index in [1.54, 1.807) is 0 Å². The van der Waals surface area contributed by atoms with E-state index in [0.717, 1.165) is 31.0 Å². The molecule has 4 heteroatoms. The minimum absolute atomic E-state index is 0.441. The quantitative estimate of drug-likeness (QED) is 0.697. The van der Waals surface area contributed by atoms with Gasteiger partial charge in [-0.1, -0.05) is 13.8 Å². The van der Waals surface area contributed by atoms with E-state index in [1.807, 2.05) is 19.2 Å². The maximum Gasteiger partial charge on any atom is 0.148 e. The van der Waals surface area contributed by atoms with Crippen LogP contribution in [-0.4, -0.2) is 30.3 Å². The lowest BCUT2D eigenvalue weighted by atomic mass is 10.1. The summed E-state index contributed by atoms with van der Waals surface area (Å²) in [4.78, 5) is 0. The van der Waals surface area contributed by atoms with E-state index in [-0.39, 0.29) is 0 Å². The van der Waals surface area contributed by atoms with E-state index in [1.165, 1.54) is 0 Å². The molecular formula is C11H20N4. The lowest BCUT2D eigenvalue weighted by Gasteiger charge is -2.06. The Morgan fingerprint density at radius 3 is 2.53 bits per heavy atom. The van der Waals surface area contributed by atoms with Crippen LogP contribution >= 0.6 is 0 Å². The third-order valence-electron chi connectivity index (χ3n) is 2.19. The van der Waals surface area contributed by atoms with Gasteiger partial charge in [0.05, 0.1) is 5.69 Å². The van der Waals surface area contributed by atoms with E-state index in [9.17, 15) is 0 Å². The van der Waals surface area contributed by atoms with Crippen molar-refractivity contribution in [1.29, 1.82) is 0 Å². The van der Waals surface area contributed by atoms with Crippen LogP contribution in [0.2, 0.25) is 0 Å². The minimum atomic E-state index is 0.441. The lowest BCUT2D eigenvalue weighted by Crippen LogP contribution is -2.13. The molecule has 0 unspecified atom stereocenters. The molecule has 0 saturated carbocycles. The van der Waals surface area contributed by atoms with Gasteiger partial charge in [0, 0.05) is 6.54 Å². The summed E-state index contributed by atoms with van der Waals surface area (Å²) in [7, 11) is 1.96. The summed E-state index contributed by atoms with van der Waals surface area (Å²) >= 11 is 0. The third kappa shape index (κ3) is 4.25. The second-order valence-corrected chi connectivity index (χ2v) is 3.88. The molecule has 0 aliphatic carbocycles. The molecule has 1 rings (SSSR count).